The number of carbonyl (C=O) groups excluding carboxylic acids is 1. The predicted octanol–water partition coefficient (Wildman–Crippen LogP) is 7.88. The molecule has 1 amide bonds. The van der Waals surface area contributed by atoms with Crippen LogP contribution < -0.4 is 5.32 Å². The van der Waals surface area contributed by atoms with E-state index in [9.17, 15) is 14.7 Å². The van der Waals surface area contributed by atoms with Crippen LogP contribution in [0.1, 0.15) is 143 Å². The first kappa shape index (κ1) is 33.6. The van der Waals surface area contributed by atoms with Crippen molar-refractivity contribution in [1.29, 1.82) is 0 Å². The minimum atomic E-state index is -1.10. The second-order valence-electron chi connectivity index (χ2n) is 10.6. The monoisotopic (exact) mass is 494 g/mol. The normalized spacial score (nSPS) is 14.3. The highest BCUT2D eigenvalue weighted by Gasteiger charge is 2.43. The van der Waals surface area contributed by atoms with Crippen LogP contribution in [-0.4, -0.2) is 47.6 Å². The summed E-state index contributed by atoms with van der Waals surface area (Å²) in [6, 6.07) is -0.404. The number of rotatable bonds is 24. The van der Waals surface area contributed by atoms with Gasteiger partial charge < -0.3 is 10.4 Å². The number of nitrogens with zero attached hydrogens (tertiary/aromatic N) is 1. The molecule has 2 N–H and O–H groups in total. The summed E-state index contributed by atoms with van der Waals surface area (Å²) in [4.78, 5) is 25.8. The molecule has 0 fully saturated rings. The molecule has 0 radical (unpaired) electrons. The van der Waals surface area contributed by atoms with E-state index in [0.29, 0.717) is 12.8 Å². The van der Waals surface area contributed by atoms with Gasteiger partial charge in [0.15, 0.2) is 0 Å². The van der Waals surface area contributed by atoms with E-state index in [1.807, 2.05) is 6.92 Å². The largest absolute Gasteiger partial charge is 0.480 e. The Morgan fingerprint density at radius 1 is 0.771 bits per heavy atom. The Morgan fingerprint density at radius 3 is 1.60 bits per heavy atom. The Kier molecular flexibility index (Phi) is 21.0. The highest BCUT2D eigenvalue weighted by molar-refractivity contribution is 5.82. The van der Waals surface area contributed by atoms with Crippen molar-refractivity contribution >= 4 is 11.9 Å². The highest BCUT2D eigenvalue weighted by atomic mass is 16.4. The van der Waals surface area contributed by atoms with Gasteiger partial charge in [-0.05, 0) is 59.5 Å². The maximum Gasteiger partial charge on any atom is 0.325 e. The van der Waals surface area contributed by atoms with Crippen LogP contribution in [0.4, 0.5) is 0 Å². The fourth-order valence-electron chi connectivity index (χ4n) is 4.62. The zero-order valence-corrected chi connectivity index (χ0v) is 23.9. The Balaban J connectivity index is 3.64. The lowest BCUT2D eigenvalue weighted by atomic mass is 9.88. The summed E-state index contributed by atoms with van der Waals surface area (Å²) in [7, 11) is 3.50. The fourth-order valence-corrected chi connectivity index (χ4v) is 4.62. The number of hydrogen-bond acceptors (Lipinski definition) is 3. The number of carboxylic acid groups (broad SMARTS) is 1. The number of amides is 1. The van der Waals surface area contributed by atoms with Gasteiger partial charge in [0.05, 0.1) is 6.04 Å². The molecule has 0 aliphatic rings. The molecule has 0 aromatic carbocycles. The van der Waals surface area contributed by atoms with Crippen LogP contribution >= 0.6 is 0 Å². The summed E-state index contributed by atoms with van der Waals surface area (Å²) in [6.07, 6.45) is 27.5. The zero-order valence-electron chi connectivity index (χ0n) is 23.9. The highest BCUT2D eigenvalue weighted by Crippen LogP contribution is 2.20. The minimum absolute atomic E-state index is 0.0350. The van der Waals surface area contributed by atoms with Crippen molar-refractivity contribution in [1.82, 2.24) is 10.2 Å². The molecule has 2 unspecified atom stereocenters. The quantitative estimate of drug-likeness (QED) is 0.106. The molecule has 0 aliphatic carbocycles. The number of carbonyl (C=O) groups is 2. The van der Waals surface area contributed by atoms with Gasteiger partial charge in [-0.15, -0.1) is 0 Å². The van der Waals surface area contributed by atoms with Gasteiger partial charge in [0.1, 0.15) is 5.54 Å². The zero-order chi connectivity index (χ0) is 26.4. The molecule has 0 saturated carbocycles. The van der Waals surface area contributed by atoms with Crippen LogP contribution in [0.3, 0.4) is 0 Å². The Morgan fingerprint density at radius 2 is 1.20 bits per heavy atom. The molecule has 5 heteroatoms. The molecule has 0 saturated heterocycles. The summed E-state index contributed by atoms with van der Waals surface area (Å²) in [5, 5.41) is 12.6. The van der Waals surface area contributed by atoms with Crippen molar-refractivity contribution < 1.29 is 14.7 Å². The smallest absolute Gasteiger partial charge is 0.325 e. The Bertz CT molecular complexity index is 562. The number of aliphatic carboxylic acids is 1. The number of allylic oxidation sites excluding steroid dienone is 2. The molecule has 0 spiro atoms. The van der Waals surface area contributed by atoms with E-state index in [2.05, 4.69) is 24.4 Å². The van der Waals surface area contributed by atoms with Gasteiger partial charge in [-0.2, -0.15) is 0 Å². The summed E-state index contributed by atoms with van der Waals surface area (Å²) in [6.45, 7) is 5.87. The minimum Gasteiger partial charge on any atom is -0.480 e. The third-order valence-electron chi connectivity index (χ3n) is 7.45. The van der Waals surface area contributed by atoms with E-state index in [0.717, 1.165) is 12.8 Å². The maximum absolute atomic E-state index is 12.4. The van der Waals surface area contributed by atoms with Crippen LogP contribution in [0.25, 0.3) is 0 Å². The third-order valence-corrected chi connectivity index (χ3v) is 7.45. The summed E-state index contributed by atoms with van der Waals surface area (Å²) >= 11 is 0. The van der Waals surface area contributed by atoms with Crippen LogP contribution in [0, 0.1) is 0 Å². The topological polar surface area (TPSA) is 69.6 Å². The van der Waals surface area contributed by atoms with Crippen LogP contribution in [0.2, 0.25) is 0 Å². The first-order chi connectivity index (χ1) is 16.8. The first-order valence-corrected chi connectivity index (χ1v) is 14.7. The Hall–Kier alpha value is -1.36. The van der Waals surface area contributed by atoms with E-state index in [1.54, 1.807) is 25.9 Å². The van der Waals surface area contributed by atoms with E-state index in [4.69, 9.17) is 0 Å². The lowest BCUT2D eigenvalue weighted by Gasteiger charge is -2.39. The average molecular weight is 495 g/mol. The van der Waals surface area contributed by atoms with Gasteiger partial charge in [0.25, 0.3) is 0 Å². The molecule has 0 aromatic rings. The maximum atomic E-state index is 12.4. The summed E-state index contributed by atoms with van der Waals surface area (Å²) in [5.41, 5.74) is -1.10. The van der Waals surface area contributed by atoms with Crippen molar-refractivity contribution in [2.75, 3.05) is 14.1 Å². The molecule has 5 nitrogen and oxygen atoms in total. The van der Waals surface area contributed by atoms with Gasteiger partial charge in [-0.1, -0.05) is 103 Å². The van der Waals surface area contributed by atoms with E-state index in [1.165, 1.54) is 96.3 Å². The van der Waals surface area contributed by atoms with Gasteiger partial charge in [-0.25, -0.2) is 0 Å². The predicted molar refractivity (Wildman–Crippen MR) is 150 cm³/mol. The molecule has 35 heavy (non-hydrogen) atoms. The summed E-state index contributed by atoms with van der Waals surface area (Å²) < 4.78 is 0. The molecule has 0 bridgehead atoms. The third kappa shape index (κ3) is 16.1. The standard InChI is InChI=1S/C30H58N2O3/c1-6-8-9-10-11-12-13-14-15-16-17-18-19-20-21-22-23-24-25-26-28(33)31-27(7-2)30(3,29(34)35)32(4)5/h14-15,27H,6-13,16-26H2,1-5H3,(H,31,33)(H,34,35)/b15-14-. The Labute approximate surface area is 217 Å². The molecule has 0 heterocycles. The van der Waals surface area contributed by atoms with Crippen molar-refractivity contribution in [2.24, 2.45) is 0 Å². The van der Waals surface area contributed by atoms with Crippen molar-refractivity contribution in [3.8, 4) is 0 Å². The molecule has 206 valence electrons. The lowest BCUT2D eigenvalue weighted by molar-refractivity contribution is -0.151. The van der Waals surface area contributed by atoms with Crippen LogP contribution in [0.15, 0.2) is 12.2 Å². The van der Waals surface area contributed by atoms with Crippen LogP contribution in [0.5, 0.6) is 0 Å². The van der Waals surface area contributed by atoms with Crippen LogP contribution in [-0.2, 0) is 9.59 Å². The molecule has 0 rings (SSSR count). The van der Waals surface area contributed by atoms with Gasteiger partial charge in [0, 0.05) is 6.42 Å². The second kappa shape index (κ2) is 21.9. The van der Waals surface area contributed by atoms with Gasteiger partial charge in [-0.3, -0.25) is 14.5 Å². The fraction of sp³-hybridized carbons (Fsp3) is 0.867. The molecule has 0 aromatic heterocycles. The average Bonchev–Trinajstić information content (AvgIpc) is 2.83. The molecular weight excluding hydrogens is 436 g/mol. The van der Waals surface area contributed by atoms with Crippen molar-refractivity contribution in [3.05, 3.63) is 12.2 Å². The number of carboxylic acids is 1. The SMILES string of the molecule is CCCCCCCC/C=C\CCCCCCCCCCCC(=O)NC(CC)C(C)(C(=O)O)N(C)C. The van der Waals surface area contributed by atoms with E-state index < -0.39 is 17.6 Å². The van der Waals surface area contributed by atoms with E-state index in [-0.39, 0.29) is 5.91 Å². The van der Waals surface area contributed by atoms with Crippen molar-refractivity contribution in [2.45, 2.75) is 154 Å². The molecule has 2 atom stereocenters. The second-order valence-corrected chi connectivity index (χ2v) is 10.6. The lowest BCUT2D eigenvalue weighted by Crippen LogP contribution is -2.62. The molecule has 0 aliphatic heterocycles. The van der Waals surface area contributed by atoms with Crippen molar-refractivity contribution in [3.63, 3.8) is 0 Å². The number of hydrogen-bond donors (Lipinski definition) is 2. The number of likely N-dealkylation sites (N-methyl/N-ethyl adjacent to an activating group) is 1. The number of unbranched alkanes of at least 4 members (excludes halogenated alkanes) is 15. The first-order valence-electron chi connectivity index (χ1n) is 14.7. The number of nitrogens with one attached hydrogen (secondary N) is 1. The van der Waals surface area contributed by atoms with Gasteiger partial charge in [0.2, 0.25) is 5.91 Å². The summed E-state index contributed by atoms with van der Waals surface area (Å²) in [5.74, 6) is -0.943. The van der Waals surface area contributed by atoms with Gasteiger partial charge >= 0.3 is 5.97 Å². The molecular formula is C30H58N2O3. The van der Waals surface area contributed by atoms with E-state index >= 15 is 0 Å².